The van der Waals surface area contributed by atoms with Gasteiger partial charge in [0.25, 0.3) is 5.91 Å². The van der Waals surface area contributed by atoms with Crippen molar-refractivity contribution >= 4 is 22.5 Å². The molecule has 164 valence electrons. The van der Waals surface area contributed by atoms with Gasteiger partial charge < -0.3 is 5.32 Å². The summed E-state index contributed by atoms with van der Waals surface area (Å²) < 4.78 is 0. The number of anilines is 1. The van der Waals surface area contributed by atoms with Crippen molar-refractivity contribution in [3.05, 3.63) is 96.2 Å². The summed E-state index contributed by atoms with van der Waals surface area (Å²) in [5.41, 5.74) is 3.73. The first-order valence-electron chi connectivity index (χ1n) is 11.9. The molecule has 0 spiro atoms. The average molecular weight is 425 g/mol. The predicted molar refractivity (Wildman–Crippen MR) is 133 cm³/mol. The van der Waals surface area contributed by atoms with Gasteiger partial charge >= 0.3 is 0 Å². The zero-order valence-corrected chi connectivity index (χ0v) is 18.7. The maximum atomic E-state index is 13.2. The third-order valence-corrected chi connectivity index (χ3v) is 6.31. The van der Waals surface area contributed by atoms with E-state index in [4.69, 9.17) is 0 Å². The summed E-state index contributed by atoms with van der Waals surface area (Å²) >= 11 is 0. The number of carbonyl (C=O) groups excluding carboxylic acids is 1. The standard InChI is InChI=1S/C29H32N2O/c32-29(24-18-12-8-2-1-3-9-13-19-24)31-27-22-30-26-21-15-14-20-25(26)28(27)23-16-10-6-4-5-7-11-17-23/h1-3,8-9,12-15,18-23H,4-7,10-11,16-17H2,(H,31,32). The molecule has 1 aliphatic carbocycles. The van der Waals surface area contributed by atoms with E-state index in [1.165, 1.54) is 56.9 Å². The monoisotopic (exact) mass is 424 g/mol. The van der Waals surface area contributed by atoms with Crippen LogP contribution in [-0.2, 0) is 0 Å². The topological polar surface area (TPSA) is 42.0 Å². The highest BCUT2D eigenvalue weighted by Gasteiger charge is 2.21. The summed E-state index contributed by atoms with van der Waals surface area (Å²) in [5.74, 6) is 0.336. The van der Waals surface area contributed by atoms with Crippen LogP contribution in [0, 0.1) is 0 Å². The molecule has 2 aromatic carbocycles. The van der Waals surface area contributed by atoms with Crippen LogP contribution in [0.5, 0.6) is 0 Å². The fourth-order valence-corrected chi connectivity index (χ4v) is 4.66. The lowest BCUT2D eigenvalue weighted by molar-refractivity contribution is 0.102. The van der Waals surface area contributed by atoms with Crippen molar-refractivity contribution < 1.29 is 4.79 Å². The third kappa shape index (κ3) is 5.73. The number of para-hydroxylation sites is 1. The molecule has 1 saturated carbocycles. The number of amides is 1. The van der Waals surface area contributed by atoms with E-state index in [0.717, 1.165) is 16.6 Å². The van der Waals surface area contributed by atoms with Gasteiger partial charge in [0.05, 0.1) is 17.4 Å². The third-order valence-electron chi connectivity index (χ3n) is 6.31. The number of pyridine rings is 1. The van der Waals surface area contributed by atoms with Crippen molar-refractivity contribution in [1.82, 2.24) is 4.98 Å². The Morgan fingerprint density at radius 3 is 1.97 bits per heavy atom. The van der Waals surface area contributed by atoms with Crippen molar-refractivity contribution in [2.75, 3.05) is 5.32 Å². The van der Waals surface area contributed by atoms with Crippen molar-refractivity contribution in [2.45, 2.75) is 57.3 Å². The molecule has 1 aromatic heterocycles. The van der Waals surface area contributed by atoms with Crippen molar-refractivity contribution in [2.24, 2.45) is 0 Å². The van der Waals surface area contributed by atoms with Crippen LogP contribution in [0.1, 0.15) is 73.2 Å². The summed E-state index contributed by atoms with van der Waals surface area (Å²) in [4.78, 5) is 17.9. The van der Waals surface area contributed by atoms with E-state index >= 15 is 0 Å². The normalized spacial score (nSPS) is 15.1. The zero-order chi connectivity index (χ0) is 22.0. The second kappa shape index (κ2) is 11.4. The van der Waals surface area contributed by atoms with E-state index in [9.17, 15) is 4.79 Å². The summed E-state index contributed by atoms with van der Waals surface area (Å²) in [5, 5.41) is 4.37. The molecule has 4 rings (SSSR count). The van der Waals surface area contributed by atoms with Gasteiger partial charge in [0.15, 0.2) is 0 Å². The molecular formula is C29H32N2O. The van der Waals surface area contributed by atoms with E-state index in [-0.39, 0.29) is 5.91 Å². The van der Waals surface area contributed by atoms with E-state index in [1.54, 1.807) is 0 Å². The number of hydrogen-bond acceptors (Lipinski definition) is 2. The highest BCUT2D eigenvalue weighted by Crippen LogP contribution is 2.38. The molecule has 1 aliphatic rings. The number of nitrogens with one attached hydrogen (secondary N) is 1. The molecule has 0 atom stereocenters. The SMILES string of the molecule is O=C(Nc1cnc2ccccc2c1C1CCCCCCCC1)c1ccccccccc1. The van der Waals surface area contributed by atoms with Crippen LogP contribution in [0.15, 0.2) is 85.1 Å². The lowest BCUT2D eigenvalue weighted by Gasteiger charge is -2.22. The van der Waals surface area contributed by atoms with Gasteiger partial charge in [-0.25, -0.2) is 0 Å². The van der Waals surface area contributed by atoms with Gasteiger partial charge in [0.1, 0.15) is 0 Å². The molecule has 0 aliphatic heterocycles. The molecule has 0 unspecified atom stereocenters. The Morgan fingerprint density at radius 2 is 1.28 bits per heavy atom. The highest BCUT2D eigenvalue weighted by atomic mass is 16.1. The van der Waals surface area contributed by atoms with Crippen LogP contribution >= 0.6 is 0 Å². The molecule has 0 saturated heterocycles. The van der Waals surface area contributed by atoms with Gasteiger partial charge in [-0.2, -0.15) is 0 Å². The van der Waals surface area contributed by atoms with Gasteiger partial charge in [-0.1, -0.05) is 99.2 Å². The Hall–Kier alpha value is -3.20. The smallest absolute Gasteiger partial charge is 0.255 e. The first-order chi connectivity index (χ1) is 15.8. The second-order valence-corrected chi connectivity index (χ2v) is 8.59. The Kier molecular flexibility index (Phi) is 7.86. The molecule has 0 radical (unpaired) electrons. The van der Waals surface area contributed by atoms with E-state index in [0.29, 0.717) is 11.5 Å². The summed E-state index contributed by atoms with van der Waals surface area (Å²) in [6.07, 6.45) is 11.9. The number of benzene rings is 1. The Balaban J connectivity index is 1.72. The van der Waals surface area contributed by atoms with Crippen molar-refractivity contribution in [1.29, 1.82) is 0 Å². The lowest BCUT2D eigenvalue weighted by Crippen LogP contribution is -2.15. The van der Waals surface area contributed by atoms with E-state index in [2.05, 4.69) is 28.5 Å². The zero-order valence-electron chi connectivity index (χ0n) is 18.7. The minimum absolute atomic E-state index is 0.106. The van der Waals surface area contributed by atoms with E-state index < -0.39 is 0 Å². The van der Waals surface area contributed by atoms with E-state index in [1.807, 2.05) is 66.9 Å². The van der Waals surface area contributed by atoms with Crippen molar-refractivity contribution in [3.8, 4) is 0 Å². The summed E-state index contributed by atoms with van der Waals surface area (Å²) in [6, 6.07) is 25.5. The quantitative estimate of drug-likeness (QED) is 0.465. The van der Waals surface area contributed by atoms with Crippen LogP contribution in [-0.4, -0.2) is 10.9 Å². The number of nitrogens with zero attached hydrogens (tertiary/aromatic N) is 1. The van der Waals surface area contributed by atoms with Crippen LogP contribution in [0.3, 0.4) is 0 Å². The van der Waals surface area contributed by atoms with Gasteiger partial charge in [0.2, 0.25) is 0 Å². The Labute approximate surface area is 191 Å². The second-order valence-electron chi connectivity index (χ2n) is 8.59. The molecule has 3 aromatic rings. The predicted octanol–water partition coefficient (Wildman–Crippen LogP) is 7.83. The molecule has 3 heteroatoms. The first-order valence-corrected chi connectivity index (χ1v) is 11.9. The summed E-state index contributed by atoms with van der Waals surface area (Å²) in [6.45, 7) is 0. The molecule has 1 amide bonds. The Morgan fingerprint density at radius 1 is 0.719 bits per heavy atom. The number of fused-ring (bicyclic) bond motifs is 1. The molecule has 1 heterocycles. The largest absolute Gasteiger partial charge is 0.320 e. The van der Waals surface area contributed by atoms with Gasteiger partial charge in [-0.3, -0.25) is 9.78 Å². The van der Waals surface area contributed by atoms with Gasteiger partial charge in [-0.15, -0.1) is 0 Å². The fraction of sp³-hybridized carbons (Fsp3) is 0.310. The fourth-order valence-electron chi connectivity index (χ4n) is 4.66. The number of carbonyl (C=O) groups is 1. The molecule has 1 N–H and O–H groups in total. The van der Waals surface area contributed by atoms with Crippen LogP contribution in [0.25, 0.3) is 10.9 Å². The molecule has 1 fully saturated rings. The van der Waals surface area contributed by atoms with Crippen molar-refractivity contribution in [3.63, 3.8) is 0 Å². The minimum Gasteiger partial charge on any atom is -0.320 e. The number of rotatable bonds is 3. The average Bonchev–Trinajstić information content (AvgIpc) is 2.96. The molecule has 32 heavy (non-hydrogen) atoms. The Bertz CT molecular complexity index is 1070. The van der Waals surface area contributed by atoms with Crippen LogP contribution in [0.2, 0.25) is 0 Å². The number of aromatic nitrogens is 1. The minimum atomic E-state index is -0.106. The molecule has 3 nitrogen and oxygen atoms in total. The number of hydrogen-bond donors (Lipinski definition) is 1. The van der Waals surface area contributed by atoms with Crippen LogP contribution < -0.4 is 5.32 Å². The van der Waals surface area contributed by atoms with Crippen LogP contribution in [0.4, 0.5) is 5.69 Å². The molecule has 0 bridgehead atoms. The highest BCUT2D eigenvalue weighted by molar-refractivity contribution is 6.05. The molecular weight excluding hydrogens is 392 g/mol. The lowest BCUT2D eigenvalue weighted by atomic mass is 9.86. The summed E-state index contributed by atoms with van der Waals surface area (Å²) in [7, 11) is 0. The maximum absolute atomic E-state index is 13.2. The first kappa shape index (κ1) is 22.0. The maximum Gasteiger partial charge on any atom is 0.255 e. The van der Waals surface area contributed by atoms with Gasteiger partial charge in [-0.05, 0) is 42.5 Å². The van der Waals surface area contributed by atoms with Gasteiger partial charge in [0, 0.05) is 10.9 Å².